The number of benzene rings is 1. The van der Waals surface area contributed by atoms with Gasteiger partial charge in [-0.15, -0.1) is 0 Å². The number of alkyl halides is 3. The van der Waals surface area contributed by atoms with Crippen LogP contribution in [0.3, 0.4) is 0 Å². The van der Waals surface area contributed by atoms with Gasteiger partial charge in [-0.2, -0.15) is 13.2 Å². The van der Waals surface area contributed by atoms with Gasteiger partial charge in [0, 0.05) is 25.5 Å². The monoisotopic (exact) mass is 357 g/mol. The van der Waals surface area contributed by atoms with Crippen molar-refractivity contribution in [2.24, 2.45) is 5.92 Å². The van der Waals surface area contributed by atoms with Gasteiger partial charge in [0.15, 0.2) is 18.1 Å². The molecule has 0 amide bonds. The van der Waals surface area contributed by atoms with Gasteiger partial charge in [-0.1, -0.05) is 13.0 Å². The molecule has 0 spiro atoms. The lowest BCUT2D eigenvalue weighted by Crippen LogP contribution is -2.23. The van der Waals surface area contributed by atoms with Crippen LogP contribution in [-0.2, 0) is 13.1 Å². The zero-order chi connectivity index (χ0) is 18.3. The lowest BCUT2D eigenvalue weighted by molar-refractivity contribution is -0.153. The molecule has 1 heterocycles. The van der Waals surface area contributed by atoms with E-state index in [1.807, 2.05) is 10.8 Å². The van der Waals surface area contributed by atoms with Gasteiger partial charge in [0.05, 0.1) is 13.4 Å². The molecule has 25 heavy (non-hydrogen) atoms. The van der Waals surface area contributed by atoms with E-state index in [0.29, 0.717) is 12.5 Å². The molecular formula is C17H22F3N3O2. The van der Waals surface area contributed by atoms with E-state index in [1.165, 1.54) is 13.2 Å². The lowest BCUT2D eigenvalue weighted by atomic mass is 10.1. The van der Waals surface area contributed by atoms with Crippen molar-refractivity contribution in [1.29, 1.82) is 0 Å². The van der Waals surface area contributed by atoms with Gasteiger partial charge in [-0.3, -0.25) is 0 Å². The van der Waals surface area contributed by atoms with Gasteiger partial charge in [0.25, 0.3) is 0 Å². The number of hydrogen-bond acceptors (Lipinski definition) is 4. The summed E-state index contributed by atoms with van der Waals surface area (Å²) in [5.74, 6) is 0.776. The van der Waals surface area contributed by atoms with E-state index in [0.717, 1.165) is 18.7 Å². The molecule has 0 bridgehead atoms. The van der Waals surface area contributed by atoms with E-state index >= 15 is 0 Å². The highest BCUT2D eigenvalue weighted by molar-refractivity contribution is 5.43. The summed E-state index contributed by atoms with van der Waals surface area (Å²) in [6, 6.07) is 4.90. The third-order valence-electron chi connectivity index (χ3n) is 3.52. The molecule has 2 rings (SSSR count). The van der Waals surface area contributed by atoms with E-state index in [9.17, 15) is 13.2 Å². The zero-order valence-corrected chi connectivity index (χ0v) is 14.2. The molecular weight excluding hydrogens is 335 g/mol. The van der Waals surface area contributed by atoms with E-state index in [1.54, 1.807) is 24.7 Å². The highest BCUT2D eigenvalue weighted by Gasteiger charge is 2.29. The maximum atomic E-state index is 12.3. The molecule has 1 aromatic heterocycles. The summed E-state index contributed by atoms with van der Waals surface area (Å²) in [7, 11) is 1.40. The Hall–Kier alpha value is -2.22. The molecule has 8 heteroatoms. The number of aromatic nitrogens is 2. The summed E-state index contributed by atoms with van der Waals surface area (Å²) in [5, 5.41) is 3.33. The molecule has 0 aliphatic carbocycles. The van der Waals surface area contributed by atoms with Gasteiger partial charge in [-0.25, -0.2) is 4.98 Å². The van der Waals surface area contributed by atoms with Crippen molar-refractivity contribution < 1.29 is 22.6 Å². The summed E-state index contributed by atoms with van der Waals surface area (Å²) in [5.41, 5.74) is 0.908. The number of hydrogen-bond donors (Lipinski definition) is 1. The highest BCUT2D eigenvalue weighted by Crippen LogP contribution is 2.29. The third kappa shape index (κ3) is 6.66. The van der Waals surface area contributed by atoms with E-state index in [2.05, 4.69) is 17.2 Å². The Kier molecular flexibility index (Phi) is 6.69. The topological polar surface area (TPSA) is 48.3 Å². The van der Waals surface area contributed by atoms with Gasteiger partial charge in [0.1, 0.15) is 0 Å². The van der Waals surface area contributed by atoms with Crippen molar-refractivity contribution in [2.45, 2.75) is 26.2 Å². The summed E-state index contributed by atoms with van der Waals surface area (Å²) in [4.78, 5) is 4.01. The van der Waals surface area contributed by atoms with Crippen LogP contribution in [0.2, 0.25) is 0 Å². The number of imidazole rings is 1. The van der Waals surface area contributed by atoms with Crippen LogP contribution in [0.15, 0.2) is 36.9 Å². The molecule has 5 nitrogen and oxygen atoms in total. The average molecular weight is 357 g/mol. The Morgan fingerprint density at radius 2 is 2.08 bits per heavy atom. The first-order valence-electron chi connectivity index (χ1n) is 7.90. The lowest BCUT2D eigenvalue weighted by Gasteiger charge is -2.15. The fourth-order valence-electron chi connectivity index (χ4n) is 2.38. The second-order valence-corrected chi connectivity index (χ2v) is 5.88. The summed E-state index contributed by atoms with van der Waals surface area (Å²) >= 11 is 0. The first-order chi connectivity index (χ1) is 11.9. The second-order valence-electron chi connectivity index (χ2n) is 5.88. The summed E-state index contributed by atoms with van der Waals surface area (Å²) < 4.78 is 48.7. The smallest absolute Gasteiger partial charge is 0.422 e. The molecule has 0 aliphatic heterocycles. The van der Waals surface area contributed by atoms with Crippen molar-refractivity contribution >= 4 is 0 Å². The molecule has 1 N–H and O–H groups in total. The fourth-order valence-corrected chi connectivity index (χ4v) is 2.38. The number of halogens is 3. The molecule has 0 saturated heterocycles. The highest BCUT2D eigenvalue weighted by atomic mass is 19.4. The van der Waals surface area contributed by atoms with Crippen molar-refractivity contribution in [2.75, 3.05) is 20.3 Å². The Morgan fingerprint density at radius 3 is 2.72 bits per heavy atom. The molecule has 1 unspecified atom stereocenters. The van der Waals surface area contributed by atoms with Crippen LogP contribution in [-0.4, -0.2) is 36.0 Å². The molecule has 1 aromatic carbocycles. The minimum absolute atomic E-state index is 0.0806. The number of nitrogens with one attached hydrogen (secondary N) is 1. The van der Waals surface area contributed by atoms with Gasteiger partial charge in [0.2, 0.25) is 0 Å². The molecule has 0 saturated carbocycles. The van der Waals surface area contributed by atoms with Crippen molar-refractivity contribution in [1.82, 2.24) is 14.9 Å². The summed E-state index contributed by atoms with van der Waals surface area (Å²) in [6.45, 7) is 3.03. The van der Waals surface area contributed by atoms with Crippen LogP contribution < -0.4 is 14.8 Å². The molecule has 1 atom stereocenters. The fraction of sp³-hybridized carbons (Fsp3) is 0.471. The average Bonchev–Trinajstić information content (AvgIpc) is 3.05. The van der Waals surface area contributed by atoms with Crippen LogP contribution in [0, 0.1) is 5.92 Å². The zero-order valence-electron chi connectivity index (χ0n) is 14.2. The molecule has 0 fully saturated rings. The third-order valence-corrected chi connectivity index (χ3v) is 3.52. The van der Waals surface area contributed by atoms with Crippen LogP contribution in [0.5, 0.6) is 11.5 Å². The van der Waals surface area contributed by atoms with E-state index in [-0.39, 0.29) is 11.5 Å². The quantitative estimate of drug-likeness (QED) is 0.748. The number of nitrogens with zero attached hydrogens (tertiary/aromatic N) is 2. The van der Waals surface area contributed by atoms with Crippen LogP contribution in [0.4, 0.5) is 13.2 Å². The van der Waals surface area contributed by atoms with E-state index < -0.39 is 12.8 Å². The minimum Gasteiger partial charge on any atom is -0.493 e. The molecule has 2 aromatic rings. The first-order valence-corrected chi connectivity index (χ1v) is 7.90. The van der Waals surface area contributed by atoms with Crippen molar-refractivity contribution in [3.05, 3.63) is 42.5 Å². The standard InChI is InChI=1S/C17H22F3N3O2/c1-13(10-23-6-5-21-12-23)8-22-9-14-3-4-15(16(7-14)24-2)25-11-17(18,19)20/h3-7,12-13,22H,8-11H2,1-2H3. The molecule has 0 aliphatic rings. The Labute approximate surface area is 144 Å². The summed E-state index contributed by atoms with van der Waals surface area (Å²) in [6.07, 6.45) is 1.06. The Morgan fingerprint density at radius 1 is 1.28 bits per heavy atom. The first kappa shape index (κ1) is 19.1. The van der Waals surface area contributed by atoms with Crippen LogP contribution in [0.25, 0.3) is 0 Å². The van der Waals surface area contributed by atoms with Crippen molar-refractivity contribution in [3.63, 3.8) is 0 Å². The predicted octanol–water partition coefficient (Wildman–Crippen LogP) is 3.26. The van der Waals surface area contributed by atoms with Crippen LogP contribution in [0.1, 0.15) is 12.5 Å². The largest absolute Gasteiger partial charge is 0.493 e. The normalized spacial score (nSPS) is 12.8. The SMILES string of the molecule is COc1cc(CNCC(C)Cn2ccnc2)ccc1OCC(F)(F)F. The maximum absolute atomic E-state index is 12.3. The van der Waals surface area contributed by atoms with Gasteiger partial charge in [-0.05, 0) is 30.2 Å². The minimum atomic E-state index is -4.38. The number of rotatable bonds is 9. The van der Waals surface area contributed by atoms with Gasteiger partial charge >= 0.3 is 6.18 Å². The Bertz CT molecular complexity index is 645. The molecule has 138 valence electrons. The Balaban J connectivity index is 1.83. The predicted molar refractivity (Wildman–Crippen MR) is 87.6 cm³/mol. The number of ether oxygens (including phenoxy) is 2. The molecule has 0 radical (unpaired) electrons. The maximum Gasteiger partial charge on any atom is 0.422 e. The van der Waals surface area contributed by atoms with Crippen LogP contribution >= 0.6 is 0 Å². The second kappa shape index (κ2) is 8.75. The van der Waals surface area contributed by atoms with Gasteiger partial charge < -0.3 is 19.4 Å². The van der Waals surface area contributed by atoms with E-state index in [4.69, 9.17) is 9.47 Å². The number of methoxy groups -OCH3 is 1. The van der Waals surface area contributed by atoms with Crippen molar-refractivity contribution in [3.8, 4) is 11.5 Å².